The van der Waals surface area contributed by atoms with Crippen LogP contribution in [0.15, 0.2) is 24.3 Å². The second-order valence-electron chi connectivity index (χ2n) is 5.52. The molecule has 1 aromatic carbocycles. The molecule has 122 valence electrons. The maximum absolute atomic E-state index is 12.4. The van der Waals surface area contributed by atoms with Crippen molar-refractivity contribution < 1.29 is 9.59 Å². The van der Waals surface area contributed by atoms with Crippen molar-refractivity contribution in [3.05, 3.63) is 35.4 Å². The van der Waals surface area contributed by atoms with E-state index in [-0.39, 0.29) is 11.8 Å². The molecule has 1 atom stereocenters. The van der Waals surface area contributed by atoms with Crippen LogP contribution in [0.1, 0.15) is 51.2 Å². The molecule has 0 fully saturated rings. The van der Waals surface area contributed by atoms with Gasteiger partial charge in [-0.3, -0.25) is 9.59 Å². The Morgan fingerprint density at radius 1 is 1.18 bits per heavy atom. The first kappa shape index (κ1) is 18.2. The van der Waals surface area contributed by atoms with Crippen LogP contribution in [-0.2, 0) is 16.1 Å². The zero-order chi connectivity index (χ0) is 16.5. The van der Waals surface area contributed by atoms with E-state index < -0.39 is 6.04 Å². The molecule has 0 aliphatic rings. The van der Waals surface area contributed by atoms with E-state index >= 15 is 0 Å². The molecule has 4 heteroatoms. The van der Waals surface area contributed by atoms with Crippen molar-refractivity contribution in [3.63, 3.8) is 0 Å². The normalized spacial score (nSPS) is 11.8. The Balaban J connectivity index is 2.98. The number of hydrogen-bond acceptors (Lipinski definition) is 2. The van der Waals surface area contributed by atoms with Crippen molar-refractivity contribution in [2.75, 3.05) is 6.54 Å². The largest absolute Gasteiger partial charge is 0.354 e. The number of amides is 2. The number of rotatable bonds is 8. The molecular weight excluding hydrogens is 276 g/mol. The average Bonchev–Trinajstić information content (AvgIpc) is 2.53. The van der Waals surface area contributed by atoms with Crippen LogP contribution in [0, 0.1) is 6.92 Å². The van der Waals surface area contributed by atoms with E-state index in [9.17, 15) is 9.59 Å². The fourth-order valence-corrected chi connectivity index (χ4v) is 2.46. The quantitative estimate of drug-likeness (QED) is 0.802. The van der Waals surface area contributed by atoms with Crippen LogP contribution in [-0.4, -0.2) is 29.3 Å². The van der Waals surface area contributed by atoms with Gasteiger partial charge in [0.25, 0.3) is 0 Å². The van der Waals surface area contributed by atoms with Gasteiger partial charge in [0.15, 0.2) is 0 Å². The summed E-state index contributed by atoms with van der Waals surface area (Å²) in [7, 11) is 0. The Kier molecular flexibility index (Phi) is 7.64. The summed E-state index contributed by atoms with van der Waals surface area (Å²) in [5, 5.41) is 2.91. The Morgan fingerprint density at radius 3 is 2.41 bits per heavy atom. The van der Waals surface area contributed by atoms with Gasteiger partial charge in [0.1, 0.15) is 6.04 Å². The second-order valence-corrected chi connectivity index (χ2v) is 5.52. The van der Waals surface area contributed by atoms with E-state index in [0.29, 0.717) is 25.9 Å². The summed E-state index contributed by atoms with van der Waals surface area (Å²) in [5.41, 5.74) is 2.23. The molecular formula is C18H28N2O2. The van der Waals surface area contributed by atoms with Crippen LogP contribution >= 0.6 is 0 Å². The van der Waals surface area contributed by atoms with Gasteiger partial charge in [-0.2, -0.15) is 0 Å². The highest BCUT2D eigenvalue weighted by Gasteiger charge is 2.27. The van der Waals surface area contributed by atoms with Crippen LogP contribution in [0.2, 0.25) is 0 Å². The van der Waals surface area contributed by atoms with Gasteiger partial charge in [0.2, 0.25) is 11.8 Å². The third kappa shape index (κ3) is 4.86. The molecule has 1 rings (SSSR count). The molecule has 0 aromatic heterocycles. The van der Waals surface area contributed by atoms with Crippen LogP contribution < -0.4 is 5.32 Å². The van der Waals surface area contributed by atoms with Gasteiger partial charge in [0.05, 0.1) is 0 Å². The van der Waals surface area contributed by atoms with Gasteiger partial charge < -0.3 is 10.2 Å². The highest BCUT2D eigenvalue weighted by atomic mass is 16.2. The number of hydrogen-bond donors (Lipinski definition) is 1. The molecule has 0 bridgehead atoms. The predicted molar refractivity (Wildman–Crippen MR) is 89.4 cm³/mol. The van der Waals surface area contributed by atoms with Crippen molar-refractivity contribution in [2.45, 2.75) is 59.5 Å². The van der Waals surface area contributed by atoms with Crippen molar-refractivity contribution >= 4 is 11.8 Å². The van der Waals surface area contributed by atoms with E-state index in [1.54, 1.807) is 4.90 Å². The molecule has 22 heavy (non-hydrogen) atoms. The Labute approximate surface area is 133 Å². The number of aryl methyl sites for hydroxylation is 1. The minimum Gasteiger partial charge on any atom is -0.354 e. The Bertz CT molecular complexity index is 500. The summed E-state index contributed by atoms with van der Waals surface area (Å²) in [5.74, 6) is -0.0403. The van der Waals surface area contributed by atoms with E-state index in [1.165, 1.54) is 0 Å². The molecule has 0 heterocycles. The first-order chi connectivity index (χ1) is 10.5. The Morgan fingerprint density at radius 2 is 1.86 bits per heavy atom. The lowest BCUT2D eigenvalue weighted by Gasteiger charge is -2.30. The Hall–Kier alpha value is -1.84. The topological polar surface area (TPSA) is 49.4 Å². The van der Waals surface area contributed by atoms with Crippen LogP contribution in [0.25, 0.3) is 0 Å². The summed E-state index contributed by atoms with van der Waals surface area (Å²) < 4.78 is 0. The van der Waals surface area contributed by atoms with Gasteiger partial charge >= 0.3 is 0 Å². The van der Waals surface area contributed by atoms with E-state index in [0.717, 1.165) is 17.5 Å². The van der Waals surface area contributed by atoms with Crippen molar-refractivity contribution in [1.29, 1.82) is 0 Å². The third-order valence-corrected chi connectivity index (χ3v) is 3.84. The monoisotopic (exact) mass is 304 g/mol. The molecule has 2 amide bonds. The highest BCUT2D eigenvalue weighted by molar-refractivity contribution is 5.87. The first-order valence-corrected chi connectivity index (χ1v) is 8.16. The predicted octanol–water partition coefficient (Wildman–Crippen LogP) is 3.04. The zero-order valence-electron chi connectivity index (χ0n) is 14.2. The summed E-state index contributed by atoms with van der Waals surface area (Å²) in [6.07, 6.45) is 1.91. The molecule has 0 spiro atoms. The average molecular weight is 304 g/mol. The number of carbonyl (C=O) groups is 2. The summed E-state index contributed by atoms with van der Waals surface area (Å²) in [6.45, 7) is 8.96. The molecule has 0 saturated heterocycles. The SMILES string of the molecule is CCCNC(=O)C(CC)N(Cc1ccccc1C)C(=O)CC. The first-order valence-electron chi connectivity index (χ1n) is 8.16. The second kappa shape index (κ2) is 9.23. The summed E-state index contributed by atoms with van der Waals surface area (Å²) in [4.78, 5) is 26.4. The van der Waals surface area contributed by atoms with Gasteiger partial charge in [-0.05, 0) is 30.9 Å². The number of nitrogens with one attached hydrogen (secondary N) is 1. The maximum Gasteiger partial charge on any atom is 0.242 e. The number of benzene rings is 1. The standard InChI is InChI=1S/C18H28N2O2/c1-5-12-19-18(22)16(6-2)20(17(21)7-3)13-15-11-9-8-10-14(15)4/h8-11,16H,5-7,12-13H2,1-4H3,(H,19,22). The molecule has 0 aliphatic heterocycles. The molecule has 1 unspecified atom stereocenters. The molecule has 4 nitrogen and oxygen atoms in total. The minimum absolute atomic E-state index is 0.0155. The van der Waals surface area contributed by atoms with Crippen molar-refractivity contribution in [1.82, 2.24) is 10.2 Å². The lowest BCUT2D eigenvalue weighted by Crippen LogP contribution is -2.49. The van der Waals surface area contributed by atoms with Gasteiger partial charge in [0, 0.05) is 19.5 Å². The maximum atomic E-state index is 12.4. The van der Waals surface area contributed by atoms with Crippen molar-refractivity contribution in [3.8, 4) is 0 Å². The molecule has 1 aromatic rings. The minimum atomic E-state index is -0.404. The smallest absolute Gasteiger partial charge is 0.242 e. The fraction of sp³-hybridized carbons (Fsp3) is 0.556. The molecule has 0 radical (unpaired) electrons. The van der Waals surface area contributed by atoms with Gasteiger partial charge in [-0.1, -0.05) is 45.0 Å². The third-order valence-electron chi connectivity index (χ3n) is 3.84. The summed E-state index contributed by atoms with van der Waals surface area (Å²) in [6, 6.07) is 7.59. The van der Waals surface area contributed by atoms with Crippen molar-refractivity contribution in [2.24, 2.45) is 0 Å². The van der Waals surface area contributed by atoms with Crippen LogP contribution in [0.5, 0.6) is 0 Å². The van der Waals surface area contributed by atoms with E-state index in [4.69, 9.17) is 0 Å². The lowest BCUT2D eigenvalue weighted by molar-refractivity contribution is -0.141. The fourth-order valence-electron chi connectivity index (χ4n) is 2.46. The number of nitrogens with zero attached hydrogens (tertiary/aromatic N) is 1. The van der Waals surface area contributed by atoms with E-state index in [1.807, 2.05) is 52.0 Å². The molecule has 1 N–H and O–H groups in total. The van der Waals surface area contributed by atoms with Crippen LogP contribution in [0.3, 0.4) is 0 Å². The zero-order valence-corrected chi connectivity index (χ0v) is 14.2. The molecule has 0 saturated carbocycles. The van der Waals surface area contributed by atoms with Gasteiger partial charge in [-0.25, -0.2) is 0 Å². The number of carbonyl (C=O) groups excluding carboxylic acids is 2. The van der Waals surface area contributed by atoms with Gasteiger partial charge in [-0.15, -0.1) is 0 Å². The lowest BCUT2D eigenvalue weighted by atomic mass is 10.1. The summed E-state index contributed by atoms with van der Waals surface area (Å²) >= 11 is 0. The molecule has 0 aliphatic carbocycles. The van der Waals surface area contributed by atoms with E-state index in [2.05, 4.69) is 5.32 Å². The van der Waals surface area contributed by atoms with Crippen LogP contribution in [0.4, 0.5) is 0 Å². The highest BCUT2D eigenvalue weighted by Crippen LogP contribution is 2.16.